The lowest BCUT2D eigenvalue weighted by molar-refractivity contribution is -0.384. The fraction of sp³-hybridized carbons (Fsp3) is 0.0526. The molecule has 1 aromatic heterocycles. The Morgan fingerprint density at radius 2 is 1.84 bits per heavy atom. The molecule has 2 aromatic carbocycles. The van der Waals surface area contributed by atoms with E-state index in [1.165, 1.54) is 6.07 Å². The predicted octanol–water partition coefficient (Wildman–Crippen LogP) is 3.83. The van der Waals surface area contributed by atoms with Crippen LogP contribution in [0.3, 0.4) is 0 Å². The van der Waals surface area contributed by atoms with Gasteiger partial charge in [-0.05, 0) is 23.8 Å². The summed E-state index contributed by atoms with van der Waals surface area (Å²) in [6.45, 7) is 0.403. The number of rotatable bonds is 6. The Balaban J connectivity index is 1.86. The SMILES string of the molecule is O=C(c1ccccc1)c1ccc(NCc2cccnc2)c([N+](=O)[O-])c1. The molecule has 0 amide bonds. The van der Waals surface area contributed by atoms with Crippen LogP contribution in [0.25, 0.3) is 0 Å². The van der Waals surface area contributed by atoms with Crippen molar-refractivity contribution in [2.45, 2.75) is 6.54 Å². The lowest BCUT2D eigenvalue weighted by Crippen LogP contribution is -2.06. The number of hydrogen-bond donors (Lipinski definition) is 1. The Hall–Kier alpha value is -3.54. The van der Waals surface area contributed by atoms with Gasteiger partial charge in [0.15, 0.2) is 5.78 Å². The van der Waals surface area contributed by atoms with Crippen molar-refractivity contribution in [3.63, 3.8) is 0 Å². The second kappa shape index (κ2) is 7.35. The zero-order chi connectivity index (χ0) is 17.6. The van der Waals surface area contributed by atoms with Crippen molar-refractivity contribution in [3.8, 4) is 0 Å². The maximum Gasteiger partial charge on any atom is 0.293 e. The Labute approximate surface area is 144 Å². The van der Waals surface area contributed by atoms with E-state index in [1.54, 1.807) is 54.9 Å². The summed E-state index contributed by atoms with van der Waals surface area (Å²) in [5, 5.41) is 14.4. The standard InChI is InChI=1S/C19H15N3O3/c23-19(15-6-2-1-3-7-15)16-8-9-17(18(11-16)22(24)25)21-13-14-5-4-10-20-12-14/h1-12,21H,13H2. The number of nitrogens with one attached hydrogen (secondary N) is 1. The molecule has 124 valence electrons. The van der Waals surface area contributed by atoms with Gasteiger partial charge in [-0.3, -0.25) is 19.9 Å². The normalized spacial score (nSPS) is 10.2. The molecule has 6 heteroatoms. The van der Waals surface area contributed by atoms with Gasteiger partial charge in [-0.15, -0.1) is 0 Å². The minimum Gasteiger partial charge on any atom is -0.375 e. The van der Waals surface area contributed by atoms with Crippen LogP contribution in [-0.2, 0) is 6.54 Å². The number of nitrogens with zero attached hydrogens (tertiary/aromatic N) is 2. The van der Waals surface area contributed by atoms with Gasteiger partial charge in [0.25, 0.3) is 5.69 Å². The summed E-state index contributed by atoms with van der Waals surface area (Å²) >= 11 is 0. The van der Waals surface area contributed by atoms with Crippen LogP contribution in [0.5, 0.6) is 0 Å². The molecule has 25 heavy (non-hydrogen) atoms. The number of anilines is 1. The first-order valence-corrected chi connectivity index (χ1v) is 7.66. The van der Waals surface area contributed by atoms with E-state index >= 15 is 0 Å². The molecule has 3 aromatic rings. The number of carbonyl (C=O) groups is 1. The Kier molecular flexibility index (Phi) is 4.80. The summed E-state index contributed by atoms with van der Waals surface area (Å²) in [7, 11) is 0. The lowest BCUT2D eigenvalue weighted by Gasteiger charge is -2.08. The number of hydrogen-bond acceptors (Lipinski definition) is 5. The molecule has 3 rings (SSSR count). The van der Waals surface area contributed by atoms with Crippen LogP contribution in [0, 0.1) is 10.1 Å². The Morgan fingerprint density at radius 3 is 2.52 bits per heavy atom. The number of nitro groups is 1. The average molecular weight is 333 g/mol. The van der Waals surface area contributed by atoms with Gasteiger partial charge in [0.1, 0.15) is 5.69 Å². The average Bonchev–Trinajstić information content (AvgIpc) is 2.67. The highest BCUT2D eigenvalue weighted by Gasteiger charge is 2.18. The zero-order valence-electron chi connectivity index (χ0n) is 13.3. The number of ketones is 1. The van der Waals surface area contributed by atoms with E-state index in [0.29, 0.717) is 17.8 Å². The van der Waals surface area contributed by atoms with E-state index in [1.807, 2.05) is 12.1 Å². The van der Waals surface area contributed by atoms with E-state index in [2.05, 4.69) is 10.3 Å². The second-order valence-corrected chi connectivity index (χ2v) is 5.40. The van der Waals surface area contributed by atoms with Crippen LogP contribution >= 0.6 is 0 Å². The third-order valence-corrected chi connectivity index (χ3v) is 3.70. The van der Waals surface area contributed by atoms with Gasteiger partial charge in [0.05, 0.1) is 4.92 Å². The first-order valence-electron chi connectivity index (χ1n) is 7.66. The third kappa shape index (κ3) is 3.87. The highest BCUT2D eigenvalue weighted by Crippen LogP contribution is 2.27. The molecule has 0 bridgehead atoms. The molecule has 6 nitrogen and oxygen atoms in total. The van der Waals surface area contributed by atoms with Crippen LogP contribution in [0.4, 0.5) is 11.4 Å². The number of carbonyl (C=O) groups excluding carboxylic acids is 1. The smallest absolute Gasteiger partial charge is 0.293 e. The number of nitro benzene ring substituents is 1. The largest absolute Gasteiger partial charge is 0.375 e. The van der Waals surface area contributed by atoms with Gasteiger partial charge in [0.2, 0.25) is 0 Å². The Morgan fingerprint density at radius 1 is 1.04 bits per heavy atom. The van der Waals surface area contributed by atoms with Crippen LogP contribution in [0.2, 0.25) is 0 Å². The van der Waals surface area contributed by atoms with Gasteiger partial charge in [0, 0.05) is 36.1 Å². The van der Waals surface area contributed by atoms with Gasteiger partial charge in [-0.1, -0.05) is 36.4 Å². The molecule has 0 saturated heterocycles. The fourth-order valence-corrected chi connectivity index (χ4v) is 2.43. The van der Waals surface area contributed by atoms with Crippen molar-refractivity contribution in [2.75, 3.05) is 5.32 Å². The van der Waals surface area contributed by atoms with E-state index in [4.69, 9.17) is 0 Å². The van der Waals surface area contributed by atoms with Crippen molar-refractivity contribution in [1.82, 2.24) is 4.98 Å². The second-order valence-electron chi connectivity index (χ2n) is 5.40. The molecule has 0 aliphatic carbocycles. The number of benzene rings is 2. The lowest BCUT2D eigenvalue weighted by atomic mass is 10.0. The van der Waals surface area contributed by atoms with Crippen LogP contribution in [0.1, 0.15) is 21.5 Å². The molecule has 0 fully saturated rings. The fourth-order valence-electron chi connectivity index (χ4n) is 2.43. The summed E-state index contributed by atoms with van der Waals surface area (Å²) in [6, 6.07) is 16.8. The van der Waals surface area contributed by atoms with E-state index < -0.39 is 4.92 Å². The summed E-state index contributed by atoms with van der Waals surface area (Å²) in [6.07, 6.45) is 3.35. The predicted molar refractivity (Wildman–Crippen MR) is 94.5 cm³/mol. The topological polar surface area (TPSA) is 85.1 Å². The maximum atomic E-state index is 12.5. The molecule has 0 aliphatic heterocycles. The molecule has 0 atom stereocenters. The number of pyridine rings is 1. The molecule has 0 radical (unpaired) electrons. The van der Waals surface area contributed by atoms with Crippen LogP contribution in [-0.4, -0.2) is 15.7 Å². The highest BCUT2D eigenvalue weighted by molar-refractivity contribution is 6.09. The molecule has 0 saturated carbocycles. The summed E-state index contributed by atoms with van der Waals surface area (Å²) in [5.41, 5.74) is 1.91. The first kappa shape index (κ1) is 16.3. The maximum absolute atomic E-state index is 12.5. The first-order chi connectivity index (χ1) is 12.1. The molecule has 1 N–H and O–H groups in total. The summed E-state index contributed by atoms with van der Waals surface area (Å²) in [5.74, 6) is -0.248. The van der Waals surface area contributed by atoms with Gasteiger partial charge in [-0.25, -0.2) is 0 Å². The minimum atomic E-state index is -0.493. The van der Waals surface area contributed by atoms with Crippen molar-refractivity contribution >= 4 is 17.2 Å². The number of aromatic nitrogens is 1. The molecule has 0 spiro atoms. The third-order valence-electron chi connectivity index (χ3n) is 3.70. The van der Waals surface area contributed by atoms with Crippen molar-refractivity contribution in [2.24, 2.45) is 0 Å². The quantitative estimate of drug-likeness (QED) is 0.421. The van der Waals surface area contributed by atoms with Crippen molar-refractivity contribution in [3.05, 3.63) is 99.9 Å². The van der Waals surface area contributed by atoms with Gasteiger partial charge >= 0.3 is 0 Å². The Bertz CT molecular complexity index is 896. The molecule has 0 unspecified atom stereocenters. The molecule has 1 heterocycles. The van der Waals surface area contributed by atoms with Crippen molar-refractivity contribution in [1.29, 1.82) is 0 Å². The van der Waals surface area contributed by atoms with E-state index in [0.717, 1.165) is 5.56 Å². The van der Waals surface area contributed by atoms with E-state index in [9.17, 15) is 14.9 Å². The molecular weight excluding hydrogens is 318 g/mol. The molecule has 0 aliphatic rings. The minimum absolute atomic E-state index is 0.134. The van der Waals surface area contributed by atoms with Crippen molar-refractivity contribution < 1.29 is 9.72 Å². The van der Waals surface area contributed by atoms with E-state index in [-0.39, 0.29) is 17.0 Å². The molecular formula is C19H15N3O3. The highest BCUT2D eigenvalue weighted by atomic mass is 16.6. The summed E-state index contributed by atoms with van der Waals surface area (Å²) < 4.78 is 0. The summed E-state index contributed by atoms with van der Waals surface area (Å²) in [4.78, 5) is 27.4. The monoisotopic (exact) mass is 333 g/mol. The van der Waals surface area contributed by atoms with Gasteiger partial charge < -0.3 is 5.32 Å². The van der Waals surface area contributed by atoms with Gasteiger partial charge in [-0.2, -0.15) is 0 Å². The zero-order valence-corrected chi connectivity index (χ0v) is 13.3. The van der Waals surface area contributed by atoms with Crippen LogP contribution in [0.15, 0.2) is 73.1 Å². The van der Waals surface area contributed by atoms with Crippen LogP contribution < -0.4 is 5.32 Å².